The fourth-order valence-electron chi connectivity index (χ4n) is 2.87. The van der Waals surface area contributed by atoms with E-state index in [1.54, 1.807) is 12.1 Å². The Bertz CT molecular complexity index is 757. The summed E-state index contributed by atoms with van der Waals surface area (Å²) >= 11 is 6.22. The molecular weight excluding hydrogens is 350 g/mol. The molecule has 26 heavy (non-hydrogen) atoms. The molecule has 0 saturated heterocycles. The first-order chi connectivity index (χ1) is 12.4. The predicted octanol–water partition coefficient (Wildman–Crippen LogP) is 5.05. The van der Waals surface area contributed by atoms with Crippen LogP contribution in [0.4, 0.5) is 0 Å². The lowest BCUT2D eigenvalue weighted by atomic mass is 9.94. The molecule has 0 saturated carbocycles. The van der Waals surface area contributed by atoms with Crippen molar-refractivity contribution in [3.63, 3.8) is 0 Å². The molecule has 1 amide bonds. The van der Waals surface area contributed by atoms with Gasteiger partial charge < -0.3 is 14.8 Å². The van der Waals surface area contributed by atoms with E-state index in [1.807, 2.05) is 0 Å². The van der Waals surface area contributed by atoms with Crippen LogP contribution in [0.15, 0.2) is 36.4 Å². The van der Waals surface area contributed by atoms with Gasteiger partial charge in [0.25, 0.3) is 5.91 Å². The Kier molecular flexibility index (Phi) is 6.92. The zero-order chi connectivity index (χ0) is 19.3. The number of carbonyl (C=O) groups excluding carboxylic acids is 1. The minimum absolute atomic E-state index is 0.0970. The van der Waals surface area contributed by atoms with Crippen LogP contribution in [0.2, 0.25) is 5.02 Å². The van der Waals surface area contributed by atoms with Crippen LogP contribution in [0, 0.1) is 5.92 Å². The second-order valence-corrected chi connectivity index (χ2v) is 6.89. The Morgan fingerprint density at radius 3 is 2.27 bits per heavy atom. The Labute approximate surface area is 160 Å². The number of carbonyl (C=O) groups is 1. The van der Waals surface area contributed by atoms with Gasteiger partial charge in [0, 0.05) is 5.56 Å². The normalized spacial score (nSPS) is 12.0. The summed E-state index contributed by atoms with van der Waals surface area (Å²) in [4.78, 5) is 12.8. The Morgan fingerprint density at radius 1 is 1.12 bits per heavy atom. The van der Waals surface area contributed by atoms with Gasteiger partial charge in [0.05, 0.1) is 25.3 Å². The maximum Gasteiger partial charge on any atom is 0.251 e. The van der Waals surface area contributed by atoms with Crippen LogP contribution in [0.1, 0.15) is 48.3 Å². The van der Waals surface area contributed by atoms with Gasteiger partial charge in [-0.3, -0.25) is 4.79 Å². The van der Waals surface area contributed by atoms with Crippen LogP contribution in [0.5, 0.6) is 11.5 Å². The number of aryl methyl sites for hydroxylation is 1. The summed E-state index contributed by atoms with van der Waals surface area (Å²) in [7, 11) is 3.03. The summed E-state index contributed by atoms with van der Waals surface area (Å²) in [5, 5.41) is 3.45. The molecule has 2 rings (SSSR count). The Morgan fingerprint density at radius 2 is 1.77 bits per heavy atom. The standard InChI is InChI=1S/C21H26ClNO3/c1-6-14-7-9-15(10-8-14)19(13(2)3)23-21(24)16-11-17(22)20(26-5)18(12-16)25-4/h7-13,19H,6H2,1-5H3,(H,23,24)/t19-/m0/s1. The Hall–Kier alpha value is -2.20. The molecule has 0 aromatic heterocycles. The number of hydrogen-bond acceptors (Lipinski definition) is 3. The van der Waals surface area contributed by atoms with Crippen LogP contribution >= 0.6 is 11.6 Å². The van der Waals surface area contributed by atoms with Crippen LogP contribution < -0.4 is 14.8 Å². The minimum atomic E-state index is -0.203. The van der Waals surface area contributed by atoms with Crippen LogP contribution in [-0.2, 0) is 6.42 Å². The molecule has 0 aliphatic carbocycles. The average Bonchev–Trinajstić information content (AvgIpc) is 2.65. The lowest BCUT2D eigenvalue weighted by Gasteiger charge is -2.23. The van der Waals surface area contributed by atoms with E-state index >= 15 is 0 Å². The molecule has 140 valence electrons. The number of ether oxygens (including phenoxy) is 2. The van der Waals surface area contributed by atoms with Crippen molar-refractivity contribution in [3.8, 4) is 11.5 Å². The number of rotatable bonds is 7. The fraction of sp³-hybridized carbons (Fsp3) is 0.381. The highest BCUT2D eigenvalue weighted by Crippen LogP contribution is 2.36. The molecule has 0 bridgehead atoms. The van der Waals surface area contributed by atoms with Crippen molar-refractivity contribution in [3.05, 3.63) is 58.1 Å². The largest absolute Gasteiger partial charge is 0.493 e. The molecule has 5 heteroatoms. The lowest BCUT2D eigenvalue weighted by Crippen LogP contribution is -2.31. The third-order valence-electron chi connectivity index (χ3n) is 4.40. The third-order valence-corrected chi connectivity index (χ3v) is 4.68. The van der Waals surface area contributed by atoms with Gasteiger partial charge in [0.15, 0.2) is 11.5 Å². The van der Waals surface area contributed by atoms with Gasteiger partial charge in [-0.1, -0.05) is 56.6 Å². The van der Waals surface area contributed by atoms with Crippen molar-refractivity contribution in [2.45, 2.75) is 33.2 Å². The molecular formula is C21H26ClNO3. The number of amides is 1. The van der Waals surface area contributed by atoms with E-state index in [0.717, 1.165) is 12.0 Å². The van der Waals surface area contributed by atoms with Crippen molar-refractivity contribution >= 4 is 17.5 Å². The van der Waals surface area contributed by atoms with E-state index in [0.29, 0.717) is 22.1 Å². The summed E-state index contributed by atoms with van der Waals surface area (Å²) in [6, 6.07) is 11.5. The number of halogens is 1. The SMILES string of the molecule is CCc1ccc([C@@H](NC(=O)c2cc(Cl)c(OC)c(OC)c2)C(C)C)cc1. The highest BCUT2D eigenvalue weighted by molar-refractivity contribution is 6.32. The molecule has 2 aromatic rings. The summed E-state index contributed by atoms with van der Waals surface area (Å²) in [6.07, 6.45) is 0.989. The molecule has 2 aromatic carbocycles. The van der Waals surface area contributed by atoms with Gasteiger partial charge in [-0.25, -0.2) is 0 Å². The third kappa shape index (κ3) is 4.50. The summed E-state index contributed by atoms with van der Waals surface area (Å²) in [5.41, 5.74) is 2.79. The number of nitrogens with one attached hydrogen (secondary N) is 1. The topological polar surface area (TPSA) is 47.6 Å². The fourth-order valence-corrected chi connectivity index (χ4v) is 3.16. The van der Waals surface area contributed by atoms with Gasteiger partial charge >= 0.3 is 0 Å². The van der Waals surface area contributed by atoms with Gasteiger partial charge in [-0.05, 0) is 35.6 Å². The zero-order valence-electron chi connectivity index (χ0n) is 15.9. The quantitative estimate of drug-likeness (QED) is 0.736. The zero-order valence-corrected chi connectivity index (χ0v) is 16.7. The van der Waals surface area contributed by atoms with Gasteiger partial charge in [0.1, 0.15) is 0 Å². The molecule has 0 aliphatic heterocycles. The summed E-state index contributed by atoms with van der Waals surface area (Å²) in [5.74, 6) is 0.882. The van der Waals surface area contributed by atoms with Gasteiger partial charge in [-0.2, -0.15) is 0 Å². The van der Waals surface area contributed by atoms with Crippen molar-refractivity contribution in [2.75, 3.05) is 14.2 Å². The number of benzene rings is 2. The predicted molar refractivity (Wildman–Crippen MR) is 105 cm³/mol. The van der Waals surface area contributed by atoms with E-state index < -0.39 is 0 Å². The maximum absolute atomic E-state index is 12.8. The minimum Gasteiger partial charge on any atom is -0.493 e. The van der Waals surface area contributed by atoms with E-state index in [9.17, 15) is 4.79 Å². The molecule has 0 radical (unpaired) electrons. The van der Waals surface area contributed by atoms with Crippen LogP contribution in [0.3, 0.4) is 0 Å². The molecule has 0 spiro atoms. The molecule has 4 nitrogen and oxygen atoms in total. The van der Waals surface area contributed by atoms with Crippen molar-refractivity contribution in [1.82, 2.24) is 5.32 Å². The molecule has 1 N–H and O–H groups in total. The lowest BCUT2D eigenvalue weighted by molar-refractivity contribution is 0.0925. The highest BCUT2D eigenvalue weighted by Gasteiger charge is 2.21. The van der Waals surface area contributed by atoms with Crippen molar-refractivity contribution < 1.29 is 14.3 Å². The van der Waals surface area contributed by atoms with E-state index in [-0.39, 0.29) is 17.9 Å². The van der Waals surface area contributed by atoms with Crippen LogP contribution in [-0.4, -0.2) is 20.1 Å². The first-order valence-corrected chi connectivity index (χ1v) is 9.10. The number of hydrogen-bond donors (Lipinski definition) is 1. The van der Waals surface area contributed by atoms with Crippen molar-refractivity contribution in [2.24, 2.45) is 5.92 Å². The molecule has 0 fully saturated rings. The summed E-state index contributed by atoms with van der Waals surface area (Å²) < 4.78 is 10.5. The highest BCUT2D eigenvalue weighted by atomic mass is 35.5. The Balaban J connectivity index is 2.28. The van der Waals surface area contributed by atoms with Crippen LogP contribution in [0.25, 0.3) is 0 Å². The van der Waals surface area contributed by atoms with Crippen molar-refractivity contribution in [1.29, 1.82) is 0 Å². The molecule has 0 unspecified atom stereocenters. The first-order valence-electron chi connectivity index (χ1n) is 8.72. The maximum atomic E-state index is 12.8. The molecule has 0 aliphatic rings. The smallest absolute Gasteiger partial charge is 0.251 e. The average molecular weight is 376 g/mol. The first kappa shape index (κ1) is 20.1. The van der Waals surface area contributed by atoms with E-state index in [2.05, 4.69) is 50.4 Å². The van der Waals surface area contributed by atoms with E-state index in [1.165, 1.54) is 19.8 Å². The summed E-state index contributed by atoms with van der Waals surface area (Å²) in [6.45, 7) is 6.29. The monoisotopic (exact) mass is 375 g/mol. The second-order valence-electron chi connectivity index (χ2n) is 6.48. The van der Waals surface area contributed by atoms with E-state index in [4.69, 9.17) is 21.1 Å². The van der Waals surface area contributed by atoms with Gasteiger partial charge in [0.2, 0.25) is 0 Å². The molecule has 0 heterocycles. The molecule has 1 atom stereocenters. The second kappa shape index (κ2) is 8.95. The number of methoxy groups -OCH3 is 2. The van der Waals surface area contributed by atoms with Gasteiger partial charge in [-0.15, -0.1) is 0 Å².